The summed E-state index contributed by atoms with van der Waals surface area (Å²) in [4.78, 5) is 3.43. The first-order chi connectivity index (χ1) is 10.7. The average molecular weight is 293 g/mol. The molecule has 0 saturated carbocycles. The van der Waals surface area contributed by atoms with Crippen LogP contribution in [0.4, 0.5) is 0 Å². The zero-order valence-electron chi connectivity index (χ0n) is 13.3. The minimum absolute atomic E-state index is 0.637. The van der Waals surface area contributed by atoms with Gasteiger partial charge in [-0.3, -0.25) is 0 Å². The van der Waals surface area contributed by atoms with Crippen LogP contribution in [0, 0.1) is 13.8 Å². The Labute approximate surface area is 131 Å². The second-order valence-electron chi connectivity index (χ2n) is 6.49. The topological polar surface area (TPSA) is 32.8 Å². The van der Waals surface area contributed by atoms with Gasteiger partial charge in [0.05, 0.1) is 0 Å². The van der Waals surface area contributed by atoms with Crippen molar-refractivity contribution in [1.29, 1.82) is 0 Å². The number of hydrogen-bond donors (Lipinski definition) is 2. The van der Waals surface area contributed by atoms with Crippen LogP contribution in [-0.2, 0) is 6.42 Å². The van der Waals surface area contributed by atoms with Gasteiger partial charge < -0.3 is 14.9 Å². The molecule has 1 fully saturated rings. The maximum absolute atomic E-state index is 3.60. The van der Waals surface area contributed by atoms with Gasteiger partial charge in [0.15, 0.2) is 0 Å². The van der Waals surface area contributed by atoms with Gasteiger partial charge in [-0.2, -0.15) is 0 Å². The standard InChI is InChI=1S/C19H23N3/c1-13-5-6-14(2)22(13)17-7-8-19-18(11-17)15(12-21-19)10-16-4-3-9-20-16/h5-8,11-12,16,20-21H,3-4,9-10H2,1-2H3. The number of hydrogen-bond acceptors (Lipinski definition) is 1. The third-order valence-electron chi connectivity index (χ3n) is 4.91. The third-order valence-corrected chi connectivity index (χ3v) is 4.91. The van der Waals surface area contributed by atoms with Gasteiger partial charge in [0.2, 0.25) is 0 Å². The Balaban J connectivity index is 1.76. The molecule has 1 aliphatic rings. The van der Waals surface area contributed by atoms with Crippen molar-refractivity contribution in [3.05, 3.63) is 53.5 Å². The summed E-state index contributed by atoms with van der Waals surface area (Å²) in [7, 11) is 0. The molecule has 22 heavy (non-hydrogen) atoms. The quantitative estimate of drug-likeness (QED) is 0.755. The largest absolute Gasteiger partial charge is 0.361 e. The predicted molar refractivity (Wildman–Crippen MR) is 91.8 cm³/mol. The van der Waals surface area contributed by atoms with E-state index in [0.29, 0.717) is 6.04 Å². The van der Waals surface area contributed by atoms with E-state index in [4.69, 9.17) is 0 Å². The fourth-order valence-corrected chi connectivity index (χ4v) is 3.75. The fraction of sp³-hybridized carbons (Fsp3) is 0.368. The SMILES string of the molecule is Cc1ccc(C)n1-c1ccc2[nH]cc(CC3CCCN3)c2c1. The minimum atomic E-state index is 0.637. The Kier molecular flexibility index (Phi) is 3.30. The van der Waals surface area contributed by atoms with Crippen LogP contribution in [-0.4, -0.2) is 22.1 Å². The lowest BCUT2D eigenvalue weighted by molar-refractivity contribution is 0.605. The number of H-pyrrole nitrogens is 1. The summed E-state index contributed by atoms with van der Waals surface area (Å²) < 4.78 is 2.32. The lowest BCUT2D eigenvalue weighted by Crippen LogP contribution is -2.23. The highest BCUT2D eigenvalue weighted by Crippen LogP contribution is 2.26. The van der Waals surface area contributed by atoms with Crippen molar-refractivity contribution in [2.45, 2.75) is 39.2 Å². The van der Waals surface area contributed by atoms with E-state index in [-0.39, 0.29) is 0 Å². The van der Waals surface area contributed by atoms with Crippen LogP contribution in [0.2, 0.25) is 0 Å². The molecule has 1 aromatic carbocycles. The molecule has 114 valence electrons. The number of aromatic nitrogens is 2. The van der Waals surface area contributed by atoms with Crippen LogP contribution in [0.15, 0.2) is 36.5 Å². The third kappa shape index (κ3) is 2.26. The number of nitrogens with zero attached hydrogens (tertiary/aromatic N) is 1. The lowest BCUT2D eigenvalue weighted by Gasteiger charge is -2.11. The van der Waals surface area contributed by atoms with E-state index in [2.05, 4.69) is 65.2 Å². The van der Waals surface area contributed by atoms with E-state index in [1.807, 2.05) is 0 Å². The van der Waals surface area contributed by atoms with Gasteiger partial charge in [-0.15, -0.1) is 0 Å². The van der Waals surface area contributed by atoms with E-state index in [1.165, 1.54) is 52.9 Å². The average Bonchev–Trinajstić information content (AvgIpc) is 3.22. The fourth-order valence-electron chi connectivity index (χ4n) is 3.75. The Morgan fingerprint density at radius 2 is 1.95 bits per heavy atom. The Bertz CT molecular complexity index is 784. The van der Waals surface area contributed by atoms with Gasteiger partial charge >= 0.3 is 0 Å². The zero-order chi connectivity index (χ0) is 15.1. The molecule has 3 nitrogen and oxygen atoms in total. The number of benzene rings is 1. The summed E-state index contributed by atoms with van der Waals surface area (Å²) in [5, 5.41) is 4.96. The highest BCUT2D eigenvalue weighted by molar-refractivity contribution is 5.85. The van der Waals surface area contributed by atoms with Crippen molar-refractivity contribution >= 4 is 10.9 Å². The van der Waals surface area contributed by atoms with Crippen molar-refractivity contribution in [3.63, 3.8) is 0 Å². The van der Waals surface area contributed by atoms with Crippen molar-refractivity contribution in [2.75, 3.05) is 6.54 Å². The van der Waals surface area contributed by atoms with Crippen molar-refractivity contribution in [2.24, 2.45) is 0 Å². The first-order valence-corrected chi connectivity index (χ1v) is 8.21. The molecule has 1 unspecified atom stereocenters. The summed E-state index contributed by atoms with van der Waals surface area (Å²) in [6, 6.07) is 11.7. The molecular formula is C19H23N3. The summed E-state index contributed by atoms with van der Waals surface area (Å²) in [5.74, 6) is 0. The zero-order valence-corrected chi connectivity index (χ0v) is 13.3. The van der Waals surface area contributed by atoms with E-state index < -0.39 is 0 Å². The predicted octanol–water partition coefficient (Wildman–Crippen LogP) is 3.87. The maximum atomic E-state index is 3.60. The van der Waals surface area contributed by atoms with E-state index in [0.717, 1.165) is 6.42 Å². The molecule has 2 aromatic heterocycles. The van der Waals surface area contributed by atoms with Crippen LogP contribution in [0.3, 0.4) is 0 Å². The molecule has 1 saturated heterocycles. The van der Waals surface area contributed by atoms with Crippen LogP contribution in [0.25, 0.3) is 16.6 Å². The number of aromatic amines is 1. The first-order valence-electron chi connectivity index (χ1n) is 8.21. The molecule has 0 aliphatic carbocycles. The molecule has 3 aromatic rings. The van der Waals surface area contributed by atoms with Gasteiger partial charge in [-0.1, -0.05) is 0 Å². The molecule has 3 heterocycles. The van der Waals surface area contributed by atoms with Gasteiger partial charge in [-0.05, 0) is 75.5 Å². The second-order valence-corrected chi connectivity index (χ2v) is 6.49. The van der Waals surface area contributed by atoms with Crippen LogP contribution >= 0.6 is 0 Å². The van der Waals surface area contributed by atoms with Crippen LogP contribution < -0.4 is 5.32 Å². The molecule has 0 bridgehead atoms. The summed E-state index contributed by atoms with van der Waals surface area (Å²) in [5.41, 5.74) is 6.49. The molecule has 1 aliphatic heterocycles. The second kappa shape index (κ2) is 5.33. The first kappa shape index (κ1) is 13.6. The van der Waals surface area contributed by atoms with Crippen molar-refractivity contribution in [1.82, 2.24) is 14.9 Å². The summed E-state index contributed by atoms with van der Waals surface area (Å²) in [6.07, 6.45) is 5.90. The molecular weight excluding hydrogens is 270 g/mol. The van der Waals surface area contributed by atoms with Crippen LogP contribution in [0.1, 0.15) is 29.8 Å². The van der Waals surface area contributed by atoms with E-state index in [1.54, 1.807) is 0 Å². The Hall–Kier alpha value is -2.00. The lowest BCUT2D eigenvalue weighted by atomic mass is 10.0. The highest BCUT2D eigenvalue weighted by Gasteiger charge is 2.16. The van der Waals surface area contributed by atoms with Crippen molar-refractivity contribution in [3.8, 4) is 5.69 Å². The van der Waals surface area contributed by atoms with E-state index in [9.17, 15) is 0 Å². The monoisotopic (exact) mass is 293 g/mol. The molecule has 1 atom stereocenters. The van der Waals surface area contributed by atoms with Gasteiger partial charge in [-0.25, -0.2) is 0 Å². The number of fused-ring (bicyclic) bond motifs is 1. The van der Waals surface area contributed by atoms with Crippen molar-refractivity contribution < 1.29 is 0 Å². The highest BCUT2D eigenvalue weighted by atomic mass is 15.0. The minimum Gasteiger partial charge on any atom is -0.361 e. The van der Waals surface area contributed by atoms with E-state index >= 15 is 0 Å². The van der Waals surface area contributed by atoms with Gasteiger partial charge in [0, 0.05) is 40.2 Å². The van der Waals surface area contributed by atoms with Gasteiger partial charge in [0.25, 0.3) is 0 Å². The Morgan fingerprint density at radius 3 is 2.68 bits per heavy atom. The number of rotatable bonds is 3. The van der Waals surface area contributed by atoms with Gasteiger partial charge in [0.1, 0.15) is 0 Å². The number of aryl methyl sites for hydroxylation is 2. The number of nitrogens with one attached hydrogen (secondary N) is 2. The smallest absolute Gasteiger partial charge is 0.0462 e. The molecule has 3 heteroatoms. The molecule has 0 radical (unpaired) electrons. The van der Waals surface area contributed by atoms with Crippen LogP contribution in [0.5, 0.6) is 0 Å². The maximum Gasteiger partial charge on any atom is 0.0462 e. The normalized spacial score (nSPS) is 18.4. The molecule has 0 spiro atoms. The molecule has 4 rings (SSSR count). The Morgan fingerprint density at radius 1 is 1.14 bits per heavy atom. The molecule has 0 amide bonds. The summed E-state index contributed by atoms with van der Waals surface area (Å²) in [6.45, 7) is 5.50. The summed E-state index contributed by atoms with van der Waals surface area (Å²) >= 11 is 0. The molecule has 2 N–H and O–H groups in total.